The SMILES string of the molecule is COC1CC(C(=O)O)N(S(=O)(=O)c2cnc(C)s2)C1. The van der Waals surface area contributed by atoms with Gasteiger partial charge in [-0.3, -0.25) is 4.79 Å². The van der Waals surface area contributed by atoms with Crippen LogP contribution < -0.4 is 0 Å². The van der Waals surface area contributed by atoms with Crippen LogP contribution in [0.1, 0.15) is 11.4 Å². The van der Waals surface area contributed by atoms with Crippen molar-refractivity contribution >= 4 is 27.3 Å². The molecule has 1 aliphatic heterocycles. The number of thiazole rings is 1. The summed E-state index contributed by atoms with van der Waals surface area (Å²) in [6.45, 7) is 1.74. The van der Waals surface area contributed by atoms with Crippen molar-refractivity contribution in [1.29, 1.82) is 0 Å². The smallest absolute Gasteiger partial charge is 0.322 e. The van der Waals surface area contributed by atoms with Crippen molar-refractivity contribution in [1.82, 2.24) is 9.29 Å². The number of aryl methyl sites for hydroxylation is 1. The maximum atomic E-state index is 12.4. The second kappa shape index (κ2) is 5.16. The Bertz CT molecular complexity index is 582. The molecule has 106 valence electrons. The number of hydrogen-bond acceptors (Lipinski definition) is 6. The minimum Gasteiger partial charge on any atom is -0.480 e. The van der Waals surface area contributed by atoms with Gasteiger partial charge in [0.05, 0.1) is 17.3 Å². The van der Waals surface area contributed by atoms with Crippen molar-refractivity contribution in [2.24, 2.45) is 0 Å². The lowest BCUT2D eigenvalue weighted by Gasteiger charge is -2.19. The summed E-state index contributed by atoms with van der Waals surface area (Å²) in [7, 11) is -2.39. The zero-order valence-electron chi connectivity index (χ0n) is 10.4. The Balaban J connectivity index is 2.36. The Morgan fingerprint density at radius 3 is 2.79 bits per heavy atom. The topological polar surface area (TPSA) is 96.8 Å². The maximum Gasteiger partial charge on any atom is 0.322 e. The molecule has 0 amide bonds. The number of nitrogens with zero attached hydrogens (tertiary/aromatic N) is 2. The molecule has 2 heterocycles. The van der Waals surface area contributed by atoms with Gasteiger partial charge in [-0.2, -0.15) is 4.31 Å². The van der Waals surface area contributed by atoms with Crippen LogP contribution >= 0.6 is 11.3 Å². The average molecular weight is 306 g/mol. The van der Waals surface area contributed by atoms with Crippen molar-refractivity contribution in [3.05, 3.63) is 11.2 Å². The number of carboxylic acids is 1. The van der Waals surface area contributed by atoms with Crippen LogP contribution in [0.2, 0.25) is 0 Å². The maximum absolute atomic E-state index is 12.4. The lowest BCUT2D eigenvalue weighted by molar-refractivity contribution is -0.140. The number of hydrogen-bond donors (Lipinski definition) is 1. The van der Waals surface area contributed by atoms with Gasteiger partial charge in [-0.1, -0.05) is 0 Å². The van der Waals surface area contributed by atoms with Crippen LogP contribution in [-0.2, 0) is 19.6 Å². The van der Waals surface area contributed by atoms with Gasteiger partial charge < -0.3 is 9.84 Å². The third kappa shape index (κ3) is 2.64. The zero-order valence-corrected chi connectivity index (χ0v) is 12.1. The summed E-state index contributed by atoms with van der Waals surface area (Å²) in [6, 6.07) is -1.09. The number of methoxy groups -OCH3 is 1. The zero-order chi connectivity index (χ0) is 14.2. The monoisotopic (exact) mass is 306 g/mol. The Morgan fingerprint density at radius 1 is 1.63 bits per heavy atom. The van der Waals surface area contributed by atoms with Crippen LogP contribution in [0.3, 0.4) is 0 Å². The molecule has 2 atom stereocenters. The van der Waals surface area contributed by atoms with E-state index in [1.807, 2.05) is 0 Å². The number of aromatic nitrogens is 1. The fourth-order valence-corrected chi connectivity index (χ4v) is 4.87. The van der Waals surface area contributed by atoms with E-state index >= 15 is 0 Å². The molecule has 1 saturated heterocycles. The van der Waals surface area contributed by atoms with E-state index in [1.165, 1.54) is 13.3 Å². The van der Waals surface area contributed by atoms with Crippen LogP contribution in [-0.4, -0.2) is 54.6 Å². The summed E-state index contributed by atoms with van der Waals surface area (Å²) in [5, 5.41) is 9.76. The normalized spacial score (nSPS) is 24.7. The molecule has 1 fully saturated rings. The second-order valence-corrected chi connectivity index (χ2v) is 7.57. The van der Waals surface area contributed by atoms with E-state index < -0.39 is 28.1 Å². The van der Waals surface area contributed by atoms with Crippen molar-refractivity contribution in [3.63, 3.8) is 0 Å². The Morgan fingerprint density at radius 2 is 2.32 bits per heavy atom. The molecule has 2 unspecified atom stereocenters. The molecule has 19 heavy (non-hydrogen) atoms. The van der Waals surface area contributed by atoms with Gasteiger partial charge in [0.2, 0.25) is 0 Å². The van der Waals surface area contributed by atoms with Gasteiger partial charge in [-0.15, -0.1) is 11.3 Å². The predicted octanol–water partition coefficient (Wildman–Crippen LogP) is 0.314. The predicted molar refractivity (Wildman–Crippen MR) is 67.6 cm³/mol. The molecule has 0 saturated carbocycles. The van der Waals surface area contributed by atoms with Crippen molar-refractivity contribution in [2.75, 3.05) is 13.7 Å². The lowest BCUT2D eigenvalue weighted by Crippen LogP contribution is -2.40. The van der Waals surface area contributed by atoms with Gasteiger partial charge in [0, 0.05) is 20.1 Å². The highest BCUT2D eigenvalue weighted by Gasteiger charge is 2.44. The number of rotatable bonds is 4. The third-order valence-electron chi connectivity index (χ3n) is 3.00. The van der Waals surface area contributed by atoms with Crippen LogP contribution in [0.4, 0.5) is 0 Å². The van der Waals surface area contributed by atoms with Gasteiger partial charge in [0.1, 0.15) is 6.04 Å². The van der Waals surface area contributed by atoms with E-state index in [0.29, 0.717) is 5.01 Å². The second-order valence-electron chi connectivity index (χ2n) is 4.22. The van der Waals surface area contributed by atoms with Crippen molar-refractivity contribution in [3.8, 4) is 0 Å². The molecule has 2 rings (SSSR count). The van der Waals surface area contributed by atoms with Crippen LogP contribution in [0.25, 0.3) is 0 Å². The van der Waals surface area contributed by atoms with Crippen LogP contribution in [0.15, 0.2) is 10.4 Å². The fraction of sp³-hybridized carbons (Fsp3) is 0.600. The Labute approximate surface area is 114 Å². The van der Waals surface area contributed by atoms with Gasteiger partial charge >= 0.3 is 5.97 Å². The van der Waals surface area contributed by atoms with Crippen molar-refractivity contribution < 1.29 is 23.1 Å². The first-order valence-electron chi connectivity index (χ1n) is 5.56. The molecule has 0 spiro atoms. The summed E-state index contributed by atoms with van der Waals surface area (Å²) in [5.74, 6) is -1.16. The Kier molecular flexibility index (Phi) is 3.90. The number of carbonyl (C=O) groups is 1. The molecule has 0 radical (unpaired) electrons. The number of aliphatic carboxylic acids is 1. The highest BCUT2D eigenvalue weighted by atomic mass is 32.2. The summed E-state index contributed by atoms with van der Waals surface area (Å²) >= 11 is 1.03. The summed E-state index contributed by atoms with van der Waals surface area (Å²) in [5.41, 5.74) is 0. The molecule has 1 aromatic heterocycles. The molecule has 1 aliphatic rings. The largest absolute Gasteiger partial charge is 0.480 e. The van der Waals surface area contributed by atoms with Gasteiger partial charge in [-0.25, -0.2) is 13.4 Å². The standard InChI is InChI=1S/C10H14N2O5S2/c1-6-11-4-9(18-6)19(15,16)12-5-7(17-2)3-8(12)10(13)14/h4,7-8H,3,5H2,1-2H3,(H,13,14). The summed E-state index contributed by atoms with van der Waals surface area (Å²) in [6.07, 6.45) is 1.02. The number of sulfonamides is 1. The molecular formula is C10H14N2O5S2. The molecule has 0 bridgehead atoms. The molecule has 1 N–H and O–H groups in total. The first kappa shape index (κ1) is 14.4. The van der Waals surface area contributed by atoms with E-state index in [2.05, 4.69) is 4.98 Å². The number of carboxylic acid groups (broad SMARTS) is 1. The first-order valence-corrected chi connectivity index (χ1v) is 7.81. The molecule has 0 aromatic carbocycles. The quantitative estimate of drug-likeness (QED) is 0.860. The molecular weight excluding hydrogens is 292 g/mol. The van der Waals surface area contributed by atoms with E-state index in [-0.39, 0.29) is 17.2 Å². The van der Waals surface area contributed by atoms with Crippen LogP contribution in [0.5, 0.6) is 0 Å². The lowest BCUT2D eigenvalue weighted by atomic mass is 10.2. The van der Waals surface area contributed by atoms with Gasteiger partial charge in [-0.05, 0) is 6.92 Å². The van der Waals surface area contributed by atoms with E-state index in [0.717, 1.165) is 15.6 Å². The van der Waals surface area contributed by atoms with Gasteiger partial charge in [0.15, 0.2) is 4.21 Å². The van der Waals surface area contributed by atoms with E-state index in [4.69, 9.17) is 9.84 Å². The summed E-state index contributed by atoms with van der Waals surface area (Å²) < 4.78 is 30.9. The molecule has 7 nitrogen and oxygen atoms in total. The molecule has 9 heteroatoms. The van der Waals surface area contributed by atoms with Crippen LogP contribution in [0, 0.1) is 6.92 Å². The number of ether oxygens (including phenoxy) is 1. The van der Waals surface area contributed by atoms with E-state index in [1.54, 1.807) is 6.92 Å². The van der Waals surface area contributed by atoms with Gasteiger partial charge in [0.25, 0.3) is 10.0 Å². The average Bonchev–Trinajstić information content (AvgIpc) is 2.94. The highest BCUT2D eigenvalue weighted by Crippen LogP contribution is 2.30. The Hall–Kier alpha value is -1.03. The minimum absolute atomic E-state index is 0.0484. The minimum atomic E-state index is -3.83. The third-order valence-corrected chi connectivity index (χ3v) is 6.22. The highest BCUT2D eigenvalue weighted by molar-refractivity contribution is 7.91. The first-order chi connectivity index (χ1) is 8.86. The summed E-state index contributed by atoms with van der Waals surface area (Å²) in [4.78, 5) is 15.1. The fourth-order valence-electron chi connectivity index (χ4n) is 2.01. The van der Waals surface area contributed by atoms with E-state index in [9.17, 15) is 13.2 Å². The van der Waals surface area contributed by atoms with Crippen molar-refractivity contribution in [2.45, 2.75) is 29.7 Å². The molecule has 0 aliphatic carbocycles. The molecule has 1 aromatic rings.